The topological polar surface area (TPSA) is 101 Å². The fraction of sp³-hybridized carbons (Fsp3) is 0.286. The summed E-state index contributed by atoms with van der Waals surface area (Å²) < 4.78 is 78.6. The first-order valence-electron chi connectivity index (χ1n) is 12.1. The lowest BCUT2D eigenvalue weighted by molar-refractivity contribution is -0.260. The highest BCUT2D eigenvalue weighted by molar-refractivity contribution is 8.02. The van der Waals surface area contributed by atoms with Crippen molar-refractivity contribution in [3.63, 3.8) is 0 Å². The van der Waals surface area contributed by atoms with Gasteiger partial charge in [-0.15, -0.1) is 11.8 Å². The number of fused-ring (bicyclic) bond motifs is 2. The molecule has 0 fully saturated rings. The number of nitrogens with zero attached hydrogens (tertiary/aromatic N) is 3. The van der Waals surface area contributed by atoms with Crippen LogP contribution in [0.2, 0.25) is 0 Å². The maximum atomic E-state index is 15.1. The van der Waals surface area contributed by atoms with E-state index in [1.54, 1.807) is 26.0 Å². The molecule has 2 heterocycles. The number of aromatic amines is 1. The molecule has 208 valence electrons. The summed E-state index contributed by atoms with van der Waals surface area (Å²) in [5.74, 6) is -0.537. The molecule has 7 nitrogen and oxygen atoms in total. The van der Waals surface area contributed by atoms with Gasteiger partial charge in [-0.3, -0.25) is 0 Å². The normalized spacial score (nSPS) is 19.5. The van der Waals surface area contributed by atoms with Gasteiger partial charge in [0.15, 0.2) is 5.82 Å². The molecule has 5 rings (SSSR count). The van der Waals surface area contributed by atoms with Gasteiger partial charge in [-0.25, -0.2) is 17.4 Å². The highest BCUT2D eigenvalue weighted by Gasteiger charge is 2.61. The minimum atomic E-state index is -5.01. The summed E-state index contributed by atoms with van der Waals surface area (Å²) in [5.41, 5.74) is -2.07. The average Bonchev–Trinajstić information content (AvgIpc) is 3.55. The Hall–Kier alpha value is -3.53. The molecule has 0 radical (unpaired) electrons. The third-order valence-electron chi connectivity index (χ3n) is 7.38. The maximum absolute atomic E-state index is 15.1. The zero-order valence-electron chi connectivity index (χ0n) is 22.0. The van der Waals surface area contributed by atoms with Crippen LogP contribution < -0.4 is 0 Å². The highest BCUT2D eigenvalue weighted by Crippen LogP contribution is 2.49. The molecule has 2 aromatic heterocycles. The van der Waals surface area contributed by atoms with Crippen LogP contribution >= 0.6 is 11.8 Å². The predicted molar refractivity (Wildman–Crippen MR) is 149 cm³/mol. The summed E-state index contributed by atoms with van der Waals surface area (Å²) in [5, 5.41) is 9.28. The average molecular weight is 587 g/mol. The van der Waals surface area contributed by atoms with E-state index in [4.69, 9.17) is 4.74 Å². The van der Waals surface area contributed by atoms with Gasteiger partial charge in [0.25, 0.3) is 0 Å². The molecule has 2 atom stereocenters. The first-order valence-corrected chi connectivity index (χ1v) is 14.8. The number of thioether (sulfide) groups is 1. The Morgan fingerprint density at radius 1 is 1.23 bits per heavy atom. The van der Waals surface area contributed by atoms with Gasteiger partial charge in [-0.2, -0.15) is 18.4 Å². The molecule has 12 heteroatoms. The summed E-state index contributed by atoms with van der Waals surface area (Å²) in [4.78, 5) is 7.69. The minimum absolute atomic E-state index is 0.0601. The fourth-order valence-corrected chi connectivity index (χ4v) is 7.65. The van der Waals surface area contributed by atoms with Crippen LogP contribution in [0.25, 0.3) is 21.9 Å². The second-order valence-electron chi connectivity index (χ2n) is 9.79. The van der Waals surface area contributed by atoms with Crippen molar-refractivity contribution in [2.45, 2.75) is 36.8 Å². The number of H-pyrrole nitrogens is 1. The van der Waals surface area contributed by atoms with Crippen molar-refractivity contribution in [1.82, 2.24) is 13.9 Å². The maximum Gasteiger partial charge on any atom is 0.429 e. The summed E-state index contributed by atoms with van der Waals surface area (Å²) in [6.45, 7) is 3.25. The molecule has 0 saturated carbocycles. The van der Waals surface area contributed by atoms with Crippen molar-refractivity contribution in [3.05, 3.63) is 88.2 Å². The van der Waals surface area contributed by atoms with Crippen LogP contribution in [0.15, 0.2) is 65.7 Å². The molecule has 40 heavy (non-hydrogen) atoms. The number of aromatic nitrogens is 3. The van der Waals surface area contributed by atoms with E-state index in [1.165, 1.54) is 54.4 Å². The second kappa shape index (κ2) is 9.54. The number of alkyl halides is 3. The van der Waals surface area contributed by atoms with Gasteiger partial charge < -0.3 is 9.72 Å². The number of benzene rings is 2. The van der Waals surface area contributed by atoms with E-state index in [9.17, 15) is 13.7 Å². The number of hydrogen-bond donors (Lipinski definition) is 1. The summed E-state index contributed by atoms with van der Waals surface area (Å²) >= 11 is 1.41. The molecule has 0 bridgehead atoms. The van der Waals surface area contributed by atoms with Gasteiger partial charge >= 0.3 is 6.18 Å². The predicted octanol–water partition coefficient (Wildman–Crippen LogP) is 6.29. The van der Waals surface area contributed by atoms with Crippen molar-refractivity contribution in [3.8, 4) is 6.07 Å². The lowest BCUT2D eigenvalue weighted by Gasteiger charge is -2.34. The first kappa shape index (κ1) is 28.0. The largest absolute Gasteiger partial charge is 0.429 e. The Kier molecular flexibility index (Phi) is 6.68. The molecule has 0 saturated heterocycles. The molecule has 1 aliphatic carbocycles. The van der Waals surface area contributed by atoms with Gasteiger partial charge in [0.05, 0.1) is 28.2 Å². The van der Waals surface area contributed by atoms with E-state index < -0.39 is 32.4 Å². The minimum Gasteiger partial charge on any atom is -0.358 e. The van der Waals surface area contributed by atoms with Gasteiger partial charge in [0.1, 0.15) is 4.75 Å². The third kappa shape index (κ3) is 3.98. The molecular weight excluding hydrogens is 561 g/mol. The van der Waals surface area contributed by atoms with Gasteiger partial charge in [0, 0.05) is 29.2 Å². The SMILES string of the molecule is COC(c1nc2ccc(C#N)cc2[nH]1)(c1ccc(C)c2c1ccn2S(=O)(=O)C1(C)C=C(SC)C=CC1)C(F)(F)F. The molecule has 1 N–H and O–H groups in total. The van der Waals surface area contributed by atoms with Crippen molar-refractivity contribution < 1.29 is 26.3 Å². The molecule has 1 aliphatic rings. The van der Waals surface area contributed by atoms with E-state index >= 15 is 13.2 Å². The molecule has 0 aliphatic heterocycles. The van der Waals surface area contributed by atoms with Gasteiger partial charge in [-0.1, -0.05) is 24.3 Å². The fourth-order valence-electron chi connectivity index (χ4n) is 5.23. The Bertz CT molecular complexity index is 1860. The van der Waals surface area contributed by atoms with Gasteiger partial charge in [-0.05, 0) is 62.4 Å². The number of methoxy groups -OCH3 is 1. The highest BCUT2D eigenvalue weighted by atomic mass is 32.2. The van der Waals surface area contributed by atoms with E-state index in [0.29, 0.717) is 5.56 Å². The number of imidazole rings is 1. The standard InChI is InChI=1S/C28H25F3N4O3S2/c1-17-7-9-21(20-11-13-35(24(17)20)40(36,37)26(2)12-5-6-19(15-26)39-4)27(38-3,28(29,30)31)25-33-22-10-8-18(16-32)14-23(22)34-25/h5-11,13-15H,12H2,1-4H3,(H,33,34). The number of hydrogen-bond acceptors (Lipinski definition) is 6. The van der Waals surface area contributed by atoms with Crippen LogP contribution in [0.4, 0.5) is 13.2 Å². The quantitative estimate of drug-likeness (QED) is 0.285. The number of aryl methyl sites for hydroxylation is 1. The van der Waals surface area contributed by atoms with Crippen LogP contribution in [0.5, 0.6) is 0 Å². The lowest BCUT2D eigenvalue weighted by Crippen LogP contribution is -2.46. The van der Waals surface area contributed by atoms with E-state index in [2.05, 4.69) is 9.97 Å². The number of halogens is 3. The number of nitriles is 1. The number of nitrogens with one attached hydrogen (secondary N) is 1. The van der Waals surface area contributed by atoms with Crippen LogP contribution in [0, 0.1) is 18.3 Å². The number of rotatable bonds is 6. The Labute approximate surface area is 233 Å². The molecule has 0 amide bonds. The monoisotopic (exact) mass is 586 g/mol. The Balaban J connectivity index is 1.79. The van der Waals surface area contributed by atoms with Crippen molar-refractivity contribution in [2.24, 2.45) is 0 Å². The van der Waals surface area contributed by atoms with Crippen LogP contribution in [-0.4, -0.2) is 46.6 Å². The van der Waals surface area contributed by atoms with Crippen molar-refractivity contribution in [2.75, 3.05) is 13.4 Å². The smallest absolute Gasteiger partial charge is 0.358 e. The number of allylic oxidation sites excluding steroid dienone is 2. The zero-order chi connectivity index (χ0) is 29.1. The molecule has 2 aromatic carbocycles. The lowest BCUT2D eigenvalue weighted by atomic mass is 9.88. The molecule has 2 unspecified atom stereocenters. The van der Waals surface area contributed by atoms with E-state index in [1.807, 2.05) is 18.4 Å². The molecule has 0 spiro atoms. The van der Waals surface area contributed by atoms with Crippen LogP contribution in [-0.2, 0) is 20.4 Å². The van der Waals surface area contributed by atoms with Gasteiger partial charge in [0.2, 0.25) is 15.6 Å². The number of ether oxygens (including phenoxy) is 1. The third-order valence-corrected chi connectivity index (χ3v) is 10.4. The summed E-state index contributed by atoms with van der Waals surface area (Å²) in [6, 6.07) is 10.4. The Morgan fingerprint density at radius 2 is 1.98 bits per heavy atom. The zero-order valence-corrected chi connectivity index (χ0v) is 23.6. The second-order valence-corrected chi connectivity index (χ2v) is 12.9. The van der Waals surface area contributed by atoms with Crippen molar-refractivity contribution >= 4 is 43.7 Å². The van der Waals surface area contributed by atoms with Crippen LogP contribution in [0.3, 0.4) is 0 Å². The first-order chi connectivity index (χ1) is 18.8. The van der Waals surface area contributed by atoms with E-state index in [0.717, 1.165) is 16.0 Å². The summed E-state index contributed by atoms with van der Waals surface area (Å²) in [7, 11) is -3.17. The Morgan fingerprint density at radius 3 is 2.62 bits per heavy atom. The molecule has 4 aromatic rings. The van der Waals surface area contributed by atoms with E-state index in [-0.39, 0.29) is 39.5 Å². The molecular formula is C28H25F3N4O3S2. The van der Waals surface area contributed by atoms with Crippen molar-refractivity contribution in [1.29, 1.82) is 5.26 Å². The summed E-state index contributed by atoms with van der Waals surface area (Å²) in [6.07, 6.45) is 3.66. The van der Waals surface area contributed by atoms with Crippen LogP contribution in [0.1, 0.15) is 35.9 Å².